The van der Waals surface area contributed by atoms with E-state index >= 15 is 0 Å². The lowest BCUT2D eigenvalue weighted by Crippen LogP contribution is -2.41. The molecule has 1 saturated carbocycles. The number of rotatable bonds is 8. The van der Waals surface area contributed by atoms with Crippen molar-refractivity contribution >= 4 is 23.4 Å². The van der Waals surface area contributed by atoms with Gasteiger partial charge in [0.2, 0.25) is 0 Å². The quantitative estimate of drug-likeness (QED) is 0.680. The maximum Gasteiger partial charge on any atom is 0.329 e. The van der Waals surface area contributed by atoms with Crippen LogP contribution < -0.4 is 4.90 Å². The van der Waals surface area contributed by atoms with Gasteiger partial charge in [0.1, 0.15) is 6.61 Å². The second-order valence-corrected chi connectivity index (χ2v) is 7.97. The van der Waals surface area contributed by atoms with Crippen molar-refractivity contribution in [3.8, 4) is 0 Å². The van der Waals surface area contributed by atoms with Gasteiger partial charge >= 0.3 is 12.0 Å². The number of aliphatic carboxylic acids is 1. The molecule has 0 aromatic heterocycles. The number of amides is 2. The van der Waals surface area contributed by atoms with Gasteiger partial charge in [0.25, 0.3) is 0 Å². The third-order valence-electron chi connectivity index (χ3n) is 5.62. The van der Waals surface area contributed by atoms with E-state index in [-0.39, 0.29) is 12.6 Å². The number of urea groups is 1. The minimum Gasteiger partial charge on any atom is -0.480 e. The van der Waals surface area contributed by atoms with Gasteiger partial charge in [-0.2, -0.15) is 0 Å². The summed E-state index contributed by atoms with van der Waals surface area (Å²) in [5, 5.41) is 8.68. The van der Waals surface area contributed by atoms with Crippen LogP contribution in [0.3, 0.4) is 0 Å². The first-order valence-electron chi connectivity index (χ1n) is 10.5. The van der Waals surface area contributed by atoms with Crippen molar-refractivity contribution in [1.29, 1.82) is 0 Å². The number of carbonyl (C=O) groups excluding carboxylic acids is 1. The van der Waals surface area contributed by atoms with Gasteiger partial charge in [-0.05, 0) is 61.8 Å². The topological polar surface area (TPSA) is 70.1 Å². The molecule has 0 spiro atoms. The third kappa shape index (κ3) is 6.07. The number of nitrogens with zero attached hydrogens (tertiary/aromatic N) is 2. The van der Waals surface area contributed by atoms with E-state index in [0.29, 0.717) is 25.0 Å². The normalized spacial score (nSPS) is 18.6. The van der Waals surface area contributed by atoms with E-state index in [1.54, 1.807) is 4.90 Å². The van der Waals surface area contributed by atoms with Crippen molar-refractivity contribution in [2.45, 2.75) is 25.7 Å². The zero-order valence-electron chi connectivity index (χ0n) is 17.4. The Morgan fingerprint density at radius 1 is 0.900 bits per heavy atom. The van der Waals surface area contributed by atoms with Crippen LogP contribution in [0.4, 0.5) is 16.2 Å². The number of carboxylic acid groups (broad SMARTS) is 1. The number of anilines is 2. The molecule has 1 aliphatic carbocycles. The average molecular weight is 411 g/mol. The molecule has 0 saturated heterocycles. The lowest BCUT2D eigenvalue weighted by Gasteiger charge is -2.33. The van der Waals surface area contributed by atoms with Gasteiger partial charge in [-0.25, -0.2) is 9.59 Å². The molecule has 0 aliphatic heterocycles. The molecule has 3 rings (SSSR count). The van der Waals surface area contributed by atoms with Crippen LogP contribution in [0.25, 0.3) is 0 Å². The molecule has 30 heavy (non-hydrogen) atoms. The molecule has 1 aliphatic rings. The van der Waals surface area contributed by atoms with Crippen LogP contribution in [0.1, 0.15) is 25.7 Å². The Labute approximate surface area is 178 Å². The lowest BCUT2D eigenvalue weighted by molar-refractivity contribution is -0.142. The Morgan fingerprint density at radius 3 is 1.90 bits per heavy atom. The second kappa shape index (κ2) is 10.8. The smallest absolute Gasteiger partial charge is 0.329 e. The monoisotopic (exact) mass is 410 g/mol. The Kier molecular flexibility index (Phi) is 7.85. The van der Waals surface area contributed by atoms with Crippen molar-refractivity contribution < 1.29 is 19.4 Å². The van der Waals surface area contributed by atoms with E-state index in [1.807, 2.05) is 72.6 Å². The standard InChI is InChI=1S/C24H30N2O4/c1-25(16-19-12-14-20(15-13-19)17-30-18-23(27)28)24(29)26(21-8-4-2-5-9-21)22-10-6-3-7-11-22/h2-11,19-20H,12-18H2,1H3,(H,27,28). The van der Waals surface area contributed by atoms with E-state index in [1.165, 1.54) is 0 Å². The summed E-state index contributed by atoms with van der Waals surface area (Å²) in [7, 11) is 1.86. The summed E-state index contributed by atoms with van der Waals surface area (Å²) in [5.74, 6) is -0.0694. The van der Waals surface area contributed by atoms with Gasteiger partial charge in [0.05, 0.1) is 18.0 Å². The fourth-order valence-electron chi connectivity index (χ4n) is 4.05. The van der Waals surface area contributed by atoms with Crippen molar-refractivity contribution in [2.24, 2.45) is 11.8 Å². The third-order valence-corrected chi connectivity index (χ3v) is 5.62. The van der Waals surface area contributed by atoms with Crippen LogP contribution in [0, 0.1) is 11.8 Å². The van der Waals surface area contributed by atoms with E-state index in [2.05, 4.69) is 0 Å². The minimum absolute atomic E-state index is 0.0423. The fourth-order valence-corrected chi connectivity index (χ4v) is 4.05. The van der Waals surface area contributed by atoms with Crippen molar-refractivity contribution in [3.05, 3.63) is 60.7 Å². The largest absolute Gasteiger partial charge is 0.480 e. The Hall–Kier alpha value is -2.86. The summed E-state index contributed by atoms with van der Waals surface area (Å²) in [6, 6.07) is 19.4. The molecule has 1 N–H and O–H groups in total. The minimum atomic E-state index is -0.926. The molecular formula is C24H30N2O4. The molecule has 0 unspecified atom stereocenters. The van der Waals surface area contributed by atoms with Gasteiger partial charge in [-0.1, -0.05) is 36.4 Å². The predicted molar refractivity (Wildman–Crippen MR) is 117 cm³/mol. The Bertz CT molecular complexity index is 765. The average Bonchev–Trinajstić information content (AvgIpc) is 2.76. The van der Waals surface area contributed by atoms with Crippen LogP contribution in [0.15, 0.2) is 60.7 Å². The number of benzene rings is 2. The van der Waals surface area contributed by atoms with Crippen LogP contribution in [-0.2, 0) is 9.53 Å². The molecule has 6 nitrogen and oxygen atoms in total. The number of carbonyl (C=O) groups is 2. The first kappa shape index (κ1) is 21.8. The number of hydrogen-bond donors (Lipinski definition) is 1. The molecule has 0 bridgehead atoms. The fraction of sp³-hybridized carbons (Fsp3) is 0.417. The van der Waals surface area contributed by atoms with Gasteiger partial charge in [0, 0.05) is 13.6 Å². The molecule has 1 fully saturated rings. The summed E-state index contributed by atoms with van der Waals surface area (Å²) >= 11 is 0. The van der Waals surface area contributed by atoms with Gasteiger partial charge in [0.15, 0.2) is 0 Å². The summed E-state index contributed by atoms with van der Waals surface area (Å²) in [5.41, 5.74) is 1.69. The highest BCUT2D eigenvalue weighted by Gasteiger charge is 2.27. The molecule has 0 atom stereocenters. The number of carboxylic acids is 1. The van der Waals surface area contributed by atoms with Gasteiger partial charge in [-0.15, -0.1) is 0 Å². The van der Waals surface area contributed by atoms with Gasteiger partial charge < -0.3 is 14.7 Å². The summed E-state index contributed by atoms with van der Waals surface area (Å²) in [6.07, 6.45) is 4.06. The molecular weight excluding hydrogens is 380 g/mol. The zero-order valence-corrected chi connectivity index (χ0v) is 17.4. The number of para-hydroxylation sites is 2. The number of hydrogen-bond acceptors (Lipinski definition) is 3. The summed E-state index contributed by atoms with van der Waals surface area (Å²) in [6.45, 7) is 0.979. The maximum absolute atomic E-state index is 13.4. The Balaban J connectivity index is 1.58. The van der Waals surface area contributed by atoms with E-state index in [4.69, 9.17) is 9.84 Å². The van der Waals surface area contributed by atoms with Gasteiger partial charge in [-0.3, -0.25) is 4.90 Å². The second-order valence-electron chi connectivity index (χ2n) is 7.97. The molecule has 160 valence electrons. The van der Waals surface area contributed by atoms with Crippen LogP contribution in [-0.4, -0.2) is 48.8 Å². The van der Waals surface area contributed by atoms with Crippen molar-refractivity contribution in [1.82, 2.24) is 4.90 Å². The van der Waals surface area contributed by atoms with Crippen molar-refractivity contribution in [2.75, 3.05) is 31.7 Å². The molecule has 6 heteroatoms. The molecule has 0 radical (unpaired) electrons. The van der Waals surface area contributed by atoms with Crippen LogP contribution in [0.2, 0.25) is 0 Å². The highest BCUT2D eigenvalue weighted by atomic mass is 16.5. The first-order valence-corrected chi connectivity index (χ1v) is 10.5. The SMILES string of the molecule is CN(CC1CCC(COCC(=O)O)CC1)C(=O)N(c1ccccc1)c1ccccc1. The summed E-state index contributed by atoms with van der Waals surface area (Å²) in [4.78, 5) is 27.5. The molecule has 2 aromatic rings. The zero-order chi connectivity index (χ0) is 21.3. The lowest BCUT2D eigenvalue weighted by atomic mass is 9.82. The predicted octanol–water partition coefficient (Wildman–Crippen LogP) is 4.78. The first-order chi connectivity index (χ1) is 14.5. The highest BCUT2D eigenvalue weighted by molar-refractivity contribution is 5.99. The highest BCUT2D eigenvalue weighted by Crippen LogP contribution is 2.31. The van der Waals surface area contributed by atoms with E-state index in [0.717, 1.165) is 37.1 Å². The molecule has 2 aromatic carbocycles. The molecule has 0 heterocycles. The van der Waals surface area contributed by atoms with Crippen LogP contribution >= 0.6 is 0 Å². The Morgan fingerprint density at radius 2 is 1.40 bits per heavy atom. The van der Waals surface area contributed by atoms with E-state index < -0.39 is 5.97 Å². The molecule has 2 amide bonds. The summed E-state index contributed by atoms with van der Waals surface area (Å²) < 4.78 is 5.25. The van der Waals surface area contributed by atoms with Crippen molar-refractivity contribution in [3.63, 3.8) is 0 Å². The van der Waals surface area contributed by atoms with Crippen LogP contribution in [0.5, 0.6) is 0 Å². The maximum atomic E-state index is 13.4. The number of ether oxygens (including phenoxy) is 1. The van der Waals surface area contributed by atoms with E-state index in [9.17, 15) is 9.59 Å².